The molecule has 0 spiro atoms. The standard InChI is InChI=1S/C21H24N4O2.ClH/c26-20-9-16(15-3-1-5-22-10-15)8-19-17-7-14(12-25(19)20)11-24(13-17)21(27)18-4-2-6-23-18;/h1,3,5,8-10,14,17-18,23H,2,4,6-7,11-13H2;1H/t14-,17+,18-;/m0./s1. The Kier molecular flexibility index (Phi) is 5.25. The molecule has 1 N–H and O–H groups in total. The van der Waals surface area contributed by atoms with E-state index in [2.05, 4.69) is 16.4 Å². The maximum Gasteiger partial charge on any atom is 0.251 e. The lowest BCUT2D eigenvalue weighted by Crippen LogP contribution is -2.53. The smallest absolute Gasteiger partial charge is 0.251 e. The van der Waals surface area contributed by atoms with E-state index in [4.69, 9.17) is 0 Å². The van der Waals surface area contributed by atoms with Gasteiger partial charge in [0, 0.05) is 55.3 Å². The molecule has 3 aliphatic heterocycles. The van der Waals surface area contributed by atoms with Crippen molar-refractivity contribution in [3.63, 3.8) is 0 Å². The van der Waals surface area contributed by atoms with Gasteiger partial charge in [0.15, 0.2) is 0 Å². The molecule has 1 amide bonds. The van der Waals surface area contributed by atoms with Crippen molar-refractivity contribution in [3.05, 3.63) is 52.7 Å². The van der Waals surface area contributed by atoms with Gasteiger partial charge >= 0.3 is 0 Å². The lowest BCUT2D eigenvalue weighted by molar-refractivity contribution is -0.135. The molecule has 2 fully saturated rings. The van der Waals surface area contributed by atoms with Gasteiger partial charge < -0.3 is 14.8 Å². The zero-order valence-corrected chi connectivity index (χ0v) is 16.5. The second-order valence-electron chi connectivity index (χ2n) is 8.05. The number of hydrogen-bond acceptors (Lipinski definition) is 4. The number of halogens is 1. The Labute approximate surface area is 170 Å². The van der Waals surface area contributed by atoms with Crippen molar-refractivity contribution in [1.82, 2.24) is 19.8 Å². The highest BCUT2D eigenvalue weighted by molar-refractivity contribution is 5.85. The van der Waals surface area contributed by atoms with Crippen LogP contribution in [0.3, 0.4) is 0 Å². The molecule has 2 aromatic rings. The van der Waals surface area contributed by atoms with Crippen molar-refractivity contribution in [3.8, 4) is 11.1 Å². The summed E-state index contributed by atoms with van der Waals surface area (Å²) in [6.45, 7) is 3.12. The molecule has 148 valence electrons. The summed E-state index contributed by atoms with van der Waals surface area (Å²) in [5.41, 5.74) is 2.99. The first-order valence-electron chi connectivity index (χ1n) is 9.86. The number of carbonyl (C=O) groups is 1. The summed E-state index contributed by atoms with van der Waals surface area (Å²) < 4.78 is 1.92. The SMILES string of the molecule is Cl.O=C([C@@H]1CCCN1)N1C[C@@H]2C[C@H](C1)c1cc(-c3cccnc3)cc(=O)n1C2. The number of rotatable bonds is 2. The molecule has 5 heterocycles. The minimum atomic E-state index is -0.0206. The number of pyridine rings is 2. The van der Waals surface area contributed by atoms with Crippen LogP contribution in [0, 0.1) is 5.92 Å². The fourth-order valence-corrected chi connectivity index (χ4v) is 4.95. The van der Waals surface area contributed by atoms with Crippen LogP contribution in [-0.4, -0.2) is 46.0 Å². The molecule has 6 nitrogen and oxygen atoms in total. The van der Waals surface area contributed by atoms with Gasteiger partial charge in [-0.15, -0.1) is 12.4 Å². The number of likely N-dealkylation sites (tertiary alicyclic amines) is 1. The molecule has 5 rings (SSSR count). The second kappa shape index (κ2) is 7.68. The van der Waals surface area contributed by atoms with E-state index in [-0.39, 0.29) is 35.8 Å². The summed E-state index contributed by atoms with van der Waals surface area (Å²) in [5.74, 6) is 0.831. The van der Waals surface area contributed by atoms with E-state index in [0.717, 1.165) is 49.2 Å². The summed E-state index contributed by atoms with van der Waals surface area (Å²) >= 11 is 0. The van der Waals surface area contributed by atoms with Crippen LogP contribution in [0.5, 0.6) is 0 Å². The largest absolute Gasteiger partial charge is 0.340 e. The number of hydrogen-bond donors (Lipinski definition) is 1. The van der Waals surface area contributed by atoms with Gasteiger partial charge in [-0.2, -0.15) is 0 Å². The molecule has 0 unspecified atom stereocenters. The van der Waals surface area contributed by atoms with Gasteiger partial charge in [0.2, 0.25) is 5.91 Å². The Balaban J connectivity index is 0.00000192. The van der Waals surface area contributed by atoms with E-state index in [1.165, 1.54) is 0 Å². The van der Waals surface area contributed by atoms with Crippen molar-refractivity contribution >= 4 is 18.3 Å². The highest BCUT2D eigenvalue weighted by Gasteiger charge is 2.38. The van der Waals surface area contributed by atoms with E-state index in [0.29, 0.717) is 19.0 Å². The molecule has 7 heteroatoms. The number of nitrogens with one attached hydrogen (secondary N) is 1. The summed E-state index contributed by atoms with van der Waals surface area (Å²) in [4.78, 5) is 31.9. The third-order valence-electron chi connectivity index (χ3n) is 6.22. The Morgan fingerprint density at radius 2 is 2.07 bits per heavy atom. The molecule has 0 aromatic carbocycles. The number of nitrogens with zero attached hydrogens (tertiary/aromatic N) is 3. The summed E-state index contributed by atoms with van der Waals surface area (Å²) in [5, 5.41) is 3.32. The second-order valence-corrected chi connectivity index (χ2v) is 8.05. The van der Waals surface area contributed by atoms with E-state index in [1.54, 1.807) is 18.5 Å². The first-order chi connectivity index (χ1) is 13.2. The van der Waals surface area contributed by atoms with E-state index < -0.39 is 0 Å². The van der Waals surface area contributed by atoms with E-state index >= 15 is 0 Å². The van der Waals surface area contributed by atoms with Gasteiger partial charge in [-0.05, 0) is 49.4 Å². The minimum Gasteiger partial charge on any atom is -0.340 e. The zero-order chi connectivity index (χ0) is 18.4. The Bertz CT molecular complexity index is 924. The van der Waals surface area contributed by atoms with Gasteiger partial charge in [0.1, 0.15) is 0 Å². The fourth-order valence-electron chi connectivity index (χ4n) is 4.95. The molecule has 0 saturated carbocycles. The third-order valence-corrected chi connectivity index (χ3v) is 6.22. The molecular weight excluding hydrogens is 376 g/mol. The quantitative estimate of drug-likeness (QED) is 0.837. The maximum absolute atomic E-state index is 12.9. The van der Waals surface area contributed by atoms with Crippen LogP contribution in [0.2, 0.25) is 0 Å². The fraction of sp³-hybridized carbons (Fsp3) is 0.476. The van der Waals surface area contributed by atoms with Gasteiger partial charge in [0.25, 0.3) is 5.56 Å². The van der Waals surface area contributed by atoms with Crippen molar-refractivity contribution in [2.24, 2.45) is 5.92 Å². The summed E-state index contributed by atoms with van der Waals surface area (Å²) in [7, 11) is 0. The molecule has 3 atom stereocenters. The molecule has 3 aliphatic rings. The summed E-state index contributed by atoms with van der Waals surface area (Å²) in [6, 6.07) is 7.69. The topological polar surface area (TPSA) is 67.2 Å². The van der Waals surface area contributed by atoms with Crippen LogP contribution in [0.4, 0.5) is 0 Å². The summed E-state index contributed by atoms with van der Waals surface area (Å²) in [6.07, 6.45) is 6.59. The number of fused-ring (bicyclic) bond motifs is 4. The predicted molar refractivity (Wildman–Crippen MR) is 110 cm³/mol. The first kappa shape index (κ1) is 19.2. The van der Waals surface area contributed by atoms with Crippen LogP contribution in [0.25, 0.3) is 11.1 Å². The van der Waals surface area contributed by atoms with Gasteiger partial charge in [-0.25, -0.2) is 0 Å². The first-order valence-corrected chi connectivity index (χ1v) is 9.86. The van der Waals surface area contributed by atoms with Gasteiger partial charge in [-0.1, -0.05) is 6.07 Å². The lowest BCUT2D eigenvalue weighted by Gasteiger charge is -2.43. The van der Waals surface area contributed by atoms with Crippen molar-refractivity contribution < 1.29 is 4.79 Å². The monoisotopic (exact) mass is 400 g/mol. The minimum absolute atomic E-state index is 0. The van der Waals surface area contributed by atoms with Gasteiger partial charge in [-0.3, -0.25) is 14.6 Å². The Morgan fingerprint density at radius 1 is 1.18 bits per heavy atom. The number of piperidine rings is 1. The normalized spacial score (nSPS) is 25.7. The molecule has 2 bridgehead atoms. The van der Waals surface area contributed by atoms with E-state index in [9.17, 15) is 9.59 Å². The van der Waals surface area contributed by atoms with Crippen molar-refractivity contribution in [2.75, 3.05) is 19.6 Å². The molecule has 28 heavy (non-hydrogen) atoms. The highest BCUT2D eigenvalue weighted by atomic mass is 35.5. The van der Waals surface area contributed by atoms with Crippen LogP contribution in [-0.2, 0) is 11.3 Å². The van der Waals surface area contributed by atoms with E-state index in [1.807, 2.05) is 21.6 Å². The van der Waals surface area contributed by atoms with Crippen molar-refractivity contribution in [1.29, 1.82) is 0 Å². The average molecular weight is 401 g/mol. The molecule has 0 radical (unpaired) electrons. The van der Waals surface area contributed by atoms with Crippen LogP contribution in [0.1, 0.15) is 30.9 Å². The van der Waals surface area contributed by atoms with Gasteiger partial charge in [0.05, 0.1) is 6.04 Å². The van der Waals surface area contributed by atoms with Crippen LogP contribution in [0.15, 0.2) is 41.5 Å². The molecule has 2 saturated heterocycles. The highest BCUT2D eigenvalue weighted by Crippen LogP contribution is 2.36. The number of aromatic nitrogens is 2. The molecule has 0 aliphatic carbocycles. The Hall–Kier alpha value is -2.18. The average Bonchev–Trinajstić information content (AvgIpc) is 3.23. The zero-order valence-electron chi connectivity index (χ0n) is 15.7. The maximum atomic E-state index is 12.9. The third kappa shape index (κ3) is 3.35. The predicted octanol–water partition coefficient (Wildman–Crippen LogP) is 2.03. The number of amides is 1. The lowest BCUT2D eigenvalue weighted by atomic mass is 9.82. The van der Waals surface area contributed by atoms with Crippen LogP contribution < -0.4 is 10.9 Å². The molecule has 2 aromatic heterocycles. The number of carbonyl (C=O) groups excluding carboxylic acids is 1. The van der Waals surface area contributed by atoms with Crippen LogP contribution >= 0.6 is 12.4 Å². The van der Waals surface area contributed by atoms with Crippen molar-refractivity contribution in [2.45, 2.75) is 37.8 Å². The Morgan fingerprint density at radius 3 is 2.82 bits per heavy atom. The molecular formula is C21H25ClN4O2.